The number of halogens is 1. The predicted molar refractivity (Wildman–Crippen MR) is 120 cm³/mol. The monoisotopic (exact) mass is 457 g/mol. The second-order valence-electron chi connectivity index (χ2n) is 6.56. The lowest BCUT2D eigenvalue weighted by Gasteiger charge is -2.26. The van der Waals surface area contributed by atoms with Gasteiger partial charge < -0.3 is 20.1 Å². The third kappa shape index (κ3) is 5.13. The van der Waals surface area contributed by atoms with Crippen molar-refractivity contribution in [2.45, 2.75) is 12.3 Å². The smallest absolute Gasteiger partial charge is 0.234 e. The molecule has 2 aromatic rings. The number of amides is 2. The first-order valence-corrected chi connectivity index (χ1v) is 10.7. The molecule has 0 fully saturated rings. The normalized spacial score (nSPS) is 15.7. The maximum absolute atomic E-state index is 12.4. The number of carbonyl (C=O) groups is 2. The number of hydrogen-bond acceptors (Lipinski definition) is 6. The number of benzene rings is 2. The Bertz CT molecular complexity index is 1080. The van der Waals surface area contributed by atoms with Crippen molar-refractivity contribution in [1.29, 1.82) is 5.26 Å². The van der Waals surface area contributed by atoms with Gasteiger partial charge in [-0.25, -0.2) is 0 Å². The third-order valence-electron chi connectivity index (χ3n) is 4.66. The molecule has 2 aromatic carbocycles. The summed E-state index contributed by atoms with van der Waals surface area (Å²) in [5.41, 5.74) is 1.53. The van der Waals surface area contributed by atoms with Gasteiger partial charge >= 0.3 is 0 Å². The lowest BCUT2D eigenvalue weighted by atomic mass is 9.86. The van der Waals surface area contributed by atoms with Gasteiger partial charge in [0.15, 0.2) is 11.5 Å². The van der Waals surface area contributed by atoms with E-state index in [1.54, 1.807) is 42.5 Å². The van der Waals surface area contributed by atoms with Gasteiger partial charge in [0.2, 0.25) is 11.8 Å². The van der Waals surface area contributed by atoms with Crippen LogP contribution in [-0.4, -0.2) is 31.8 Å². The fourth-order valence-electron chi connectivity index (χ4n) is 3.27. The predicted octanol–water partition coefficient (Wildman–Crippen LogP) is 4.07. The summed E-state index contributed by atoms with van der Waals surface area (Å²) in [7, 11) is 3.03. The van der Waals surface area contributed by atoms with Crippen LogP contribution in [0.3, 0.4) is 0 Å². The highest BCUT2D eigenvalue weighted by Crippen LogP contribution is 2.43. The molecule has 7 nitrogen and oxygen atoms in total. The Morgan fingerprint density at radius 2 is 2.03 bits per heavy atom. The van der Waals surface area contributed by atoms with Gasteiger partial charge in [-0.1, -0.05) is 47.6 Å². The number of allylic oxidation sites excluding steroid dienone is 1. The van der Waals surface area contributed by atoms with Crippen LogP contribution in [-0.2, 0) is 9.59 Å². The van der Waals surface area contributed by atoms with Crippen molar-refractivity contribution in [2.75, 3.05) is 25.3 Å². The summed E-state index contributed by atoms with van der Waals surface area (Å²) in [6, 6.07) is 14.4. The highest BCUT2D eigenvalue weighted by Gasteiger charge is 2.32. The topological polar surface area (TPSA) is 100 Å². The van der Waals surface area contributed by atoms with Crippen LogP contribution in [0.1, 0.15) is 17.9 Å². The van der Waals surface area contributed by atoms with E-state index in [0.717, 1.165) is 11.8 Å². The number of methoxy groups -OCH3 is 2. The number of anilines is 1. The minimum absolute atomic E-state index is 0.00597. The summed E-state index contributed by atoms with van der Waals surface area (Å²) in [5.74, 6) is -0.0950. The van der Waals surface area contributed by atoms with E-state index in [0.29, 0.717) is 38.4 Å². The van der Waals surface area contributed by atoms with Crippen molar-refractivity contribution in [3.63, 3.8) is 0 Å². The lowest BCUT2D eigenvalue weighted by molar-refractivity contribution is -0.121. The Morgan fingerprint density at radius 3 is 2.71 bits per heavy atom. The van der Waals surface area contributed by atoms with Crippen LogP contribution < -0.4 is 20.1 Å². The molecule has 2 N–H and O–H groups in total. The maximum atomic E-state index is 12.4. The van der Waals surface area contributed by atoms with Gasteiger partial charge in [0.25, 0.3) is 0 Å². The molecule has 160 valence electrons. The molecular formula is C22H20ClN3O4S. The Hall–Kier alpha value is -3.15. The van der Waals surface area contributed by atoms with Crippen LogP contribution in [0, 0.1) is 11.3 Å². The standard InChI is InChI=1S/C22H20ClN3O4S/c1-29-18-9-5-6-13(21(18)30-2)14-10-19(27)26-22(15(14)11-24)31-12-20(28)25-17-8-4-3-7-16(17)23/h3-9,14H,10,12H2,1-2H3,(H,25,28)(H,26,27)/t14-/m1/s1. The van der Waals surface area contributed by atoms with Crippen molar-refractivity contribution in [1.82, 2.24) is 5.32 Å². The number of nitriles is 1. The second kappa shape index (κ2) is 10.2. The SMILES string of the molecule is COc1cccc([C@H]2CC(=O)NC(SCC(=O)Nc3ccccc3Cl)=C2C#N)c1OC. The minimum Gasteiger partial charge on any atom is -0.493 e. The zero-order chi connectivity index (χ0) is 22.4. The molecule has 31 heavy (non-hydrogen) atoms. The zero-order valence-electron chi connectivity index (χ0n) is 16.9. The van der Waals surface area contributed by atoms with Crippen molar-refractivity contribution < 1.29 is 19.1 Å². The summed E-state index contributed by atoms with van der Waals surface area (Å²) in [6.45, 7) is 0. The molecule has 1 heterocycles. The van der Waals surface area contributed by atoms with Crippen molar-refractivity contribution >= 4 is 40.9 Å². The summed E-state index contributed by atoms with van der Waals surface area (Å²) in [4.78, 5) is 24.8. The minimum atomic E-state index is -0.516. The molecule has 0 spiro atoms. The van der Waals surface area contributed by atoms with Gasteiger partial charge in [0, 0.05) is 17.9 Å². The summed E-state index contributed by atoms with van der Waals surface area (Å²) in [5, 5.41) is 16.1. The Morgan fingerprint density at radius 1 is 1.26 bits per heavy atom. The van der Waals surface area contributed by atoms with E-state index in [9.17, 15) is 14.9 Å². The fourth-order valence-corrected chi connectivity index (χ4v) is 4.33. The molecule has 9 heteroatoms. The largest absolute Gasteiger partial charge is 0.493 e. The number of ether oxygens (including phenoxy) is 2. The number of para-hydroxylation sites is 2. The van der Waals surface area contributed by atoms with Crippen LogP contribution in [0.4, 0.5) is 5.69 Å². The molecule has 3 rings (SSSR count). The molecular weight excluding hydrogens is 438 g/mol. The number of thioether (sulfide) groups is 1. The van der Waals surface area contributed by atoms with Gasteiger partial charge in [-0.3, -0.25) is 9.59 Å². The molecule has 0 radical (unpaired) electrons. The molecule has 0 aliphatic carbocycles. The molecule has 1 aliphatic heterocycles. The van der Waals surface area contributed by atoms with E-state index in [2.05, 4.69) is 16.7 Å². The number of hydrogen-bond donors (Lipinski definition) is 2. The first-order valence-electron chi connectivity index (χ1n) is 9.30. The Balaban J connectivity index is 1.85. The first-order chi connectivity index (χ1) is 15.0. The summed E-state index contributed by atoms with van der Waals surface area (Å²) < 4.78 is 10.8. The molecule has 0 saturated heterocycles. The number of nitrogens with one attached hydrogen (secondary N) is 2. The quantitative estimate of drug-likeness (QED) is 0.650. The van der Waals surface area contributed by atoms with Crippen LogP contribution in [0.5, 0.6) is 11.5 Å². The zero-order valence-corrected chi connectivity index (χ0v) is 18.5. The first kappa shape index (κ1) is 22.5. The molecule has 0 saturated carbocycles. The van der Waals surface area contributed by atoms with E-state index in [1.807, 2.05) is 0 Å². The molecule has 2 amide bonds. The number of rotatable bonds is 7. The van der Waals surface area contributed by atoms with Gasteiger partial charge in [0.1, 0.15) is 0 Å². The lowest BCUT2D eigenvalue weighted by Crippen LogP contribution is -2.31. The van der Waals surface area contributed by atoms with Crippen LogP contribution >= 0.6 is 23.4 Å². The second-order valence-corrected chi connectivity index (χ2v) is 7.95. The van der Waals surface area contributed by atoms with Crippen LogP contribution in [0.2, 0.25) is 5.02 Å². The molecule has 1 atom stereocenters. The van der Waals surface area contributed by atoms with Crippen molar-refractivity contribution in [3.05, 3.63) is 63.7 Å². The van der Waals surface area contributed by atoms with Crippen LogP contribution in [0.15, 0.2) is 53.1 Å². The average Bonchev–Trinajstić information content (AvgIpc) is 2.78. The van der Waals surface area contributed by atoms with E-state index in [-0.39, 0.29) is 24.0 Å². The Kier molecular flexibility index (Phi) is 7.45. The van der Waals surface area contributed by atoms with Crippen molar-refractivity contribution in [2.24, 2.45) is 0 Å². The van der Waals surface area contributed by atoms with Crippen molar-refractivity contribution in [3.8, 4) is 17.6 Å². The van der Waals surface area contributed by atoms with Gasteiger partial charge in [-0.05, 0) is 18.2 Å². The number of nitrogens with zero attached hydrogens (tertiary/aromatic N) is 1. The maximum Gasteiger partial charge on any atom is 0.234 e. The van der Waals surface area contributed by atoms with Crippen LogP contribution in [0.25, 0.3) is 0 Å². The fraction of sp³-hybridized carbons (Fsp3) is 0.227. The Labute approximate surface area is 189 Å². The highest BCUT2D eigenvalue weighted by atomic mass is 35.5. The summed E-state index contributed by atoms with van der Waals surface area (Å²) in [6.07, 6.45) is 0.0856. The van der Waals surface area contributed by atoms with Gasteiger partial charge in [-0.2, -0.15) is 5.26 Å². The van der Waals surface area contributed by atoms with Gasteiger partial charge in [-0.15, -0.1) is 0 Å². The molecule has 0 unspecified atom stereocenters. The number of carbonyl (C=O) groups excluding carboxylic acids is 2. The highest BCUT2D eigenvalue weighted by molar-refractivity contribution is 8.03. The van der Waals surface area contributed by atoms with E-state index in [4.69, 9.17) is 21.1 Å². The molecule has 0 aromatic heterocycles. The summed E-state index contributed by atoms with van der Waals surface area (Å²) >= 11 is 7.16. The third-order valence-corrected chi connectivity index (χ3v) is 6.01. The van der Waals surface area contributed by atoms with E-state index >= 15 is 0 Å². The van der Waals surface area contributed by atoms with E-state index in [1.165, 1.54) is 14.2 Å². The average molecular weight is 458 g/mol. The van der Waals surface area contributed by atoms with E-state index < -0.39 is 5.92 Å². The van der Waals surface area contributed by atoms with Gasteiger partial charge in [0.05, 0.1) is 47.4 Å². The molecule has 0 bridgehead atoms. The molecule has 1 aliphatic rings.